The van der Waals surface area contributed by atoms with Gasteiger partial charge in [-0.2, -0.15) is 0 Å². The second kappa shape index (κ2) is 9.51. The van der Waals surface area contributed by atoms with Gasteiger partial charge in [0.2, 0.25) is 5.91 Å². The fourth-order valence-corrected chi connectivity index (χ4v) is 3.89. The van der Waals surface area contributed by atoms with E-state index in [1.54, 1.807) is 6.07 Å². The van der Waals surface area contributed by atoms with Gasteiger partial charge in [-0.15, -0.1) is 11.6 Å². The normalized spacial score (nSPS) is 21.5. The summed E-state index contributed by atoms with van der Waals surface area (Å²) in [5, 5.41) is 6.43. The first-order chi connectivity index (χ1) is 15.9. The lowest BCUT2D eigenvalue weighted by Gasteiger charge is -2.32. The predicted octanol–water partition coefficient (Wildman–Crippen LogP) is 5.32. The molecule has 0 aliphatic heterocycles. The van der Waals surface area contributed by atoms with E-state index in [1.165, 1.54) is 0 Å². The van der Waals surface area contributed by atoms with E-state index in [9.17, 15) is 4.79 Å². The van der Waals surface area contributed by atoms with Crippen LogP contribution >= 0.6 is 11.6 Å². The van der Waals surface area contributed by atoms with Crippen molar-refractivity contribution in [2.45, 2.75) is 23.6 Å². The third kappa shape index (κ3) is 5.44. The lowest BCUT2D eigenvalue weighted by molar-refractivity contribution is -0.118. The number of nitrogens with two attached hydrogens (primary N) is 1. The van der Waals surface area contributed by atoms with E-state index in [-0.39, 0.29) is 5.91 Å². The van der Waals surface area contributed by atoms with Crippen LogP contribution in [0.5, 0.6) is 0 Å². The summed E-state index contributed by atoms with van der Waals surface area (Å²) in [6.45, 7) is 2.62. The van der Waals surface area contributed by atoms with Crippen LogP contribution in [-0.4, -0.2) is 22.3 Å². The highest BCUT2D eigenvalue weighted by Gasteiger charge is 2.38. The lowest BCUT2D eigenvalue weighted by atomic mass is 9.75. The van der Waals surface area contributed by atoms with E-state index in [1.807, 2.05) is 98.0 Å². The Morgan fingerprint density at radius 1 is 0.909 bits per heavy atom. The Labute approximate surface area is 199 Å². The molecule has 0 bridgehead atoms. The van der Waals surface area contributed by atoms with Crippen molar-refractivity contribution < 1.29 is 4.79 Å². The number of pyridine rings is 1. The molecular formula is C27H27ClN4O. The second-order valence-corrected chi connectivity index (χ2v) is 9.13. The zero-order valence-corrected chi connectivity index (χ0v) is 19.2. The van der Waals surface area contributed by atoms with Crippen molar-refractivity contribution in [3.8, 4) is 0 Å². The number of hydrogen-bond donors (Lipinski definition) is 3. The number of nitrogens with one attached hydrogen (secondary N) is 2. The van der Waals surface area contributed by atoms with Gasteiger partial charge in [0.05, 0.1) is 4.87 Å². The molecule has 0 saturated heterocycles. The van der Waals surface area contributed by atoms with Crippen molar-refractivity contribution in [3.63, 3.8) is 0 Å². The lowest BCUT2D eigenvalue weighted by Crippen LogP contribution is -2.39. The first-order valence-corrected chi connectivity index (χ1v) is 11.3. The maximum absolute atomic E-state index is 13.5. The zero-order valence-electron chi connectivity index (χ0n) is 18.5. The highest BCUT2D eigenvalue weighted by molar-refractivity contribution is 6.26. The van der Waals surface area contributed by atoms with E-state index < -0.39 is 10.3 Å². The summed E-state index contributed by atoms with van der Waals surface area (Å²) in [4.78, 5) is 17.2. The molecule has 0 atom stereocenters. The van der Waals surface area contributed by atoms with Crippen LogP contribution in [0.15, 0.2) is 97.1 Å². The molecule has 0 fully saturated rings. The van der Waals surface area contributed by atoms with Crippen molar-refractivity contribution in [1.29, 1.82) is 0 Å². The Kier molecular flexibility index (Phi) is 6.52. The molecule has 0 unspecified atom stereocenters. The number of carbonyl (C=O) groups is 1. The number of nitrogen functional groups attached to an aromatic ring is 1. The Morgan fingerprint density at radius 3 is 2.24 bits per heavy atom. The van der Waals surface area contributed by atoms with Gasteiger partial charge in [-0.25, -0.2) is 4.98 Å². The molecule has 0 saturated carbocycles. The van der Waals surface area contributed by atoms with Gasteiger partial charge in [-0.1, -0.05) is 60.7 Å². The first kappa shape index (κ1) is 22.6. The Bertz CT molecular complexity index is 1150. The van der Waals surface area contributed by atoms with Crippen LogP contribution in [-0.2, 0) is 16.6 Å². The van der Waals surface area contributed by atoms with Crippen LogP contribution in [0.2, 0.25) is 0 Å². The molecule has 4 rings (SSSR count). The summed E-state index contributed by atoms with van der Waals surface area (Å²) in [7, 11) is 0. The Hall–Kier alpha value is -3.57. The van der Waals surface area contributed by atoms with Gasteiger partial charge in [-0.3, -0.25) is 4.79 Å². The number of hydrogen-bond acceptors (Lipinski definition) is 4. The summed E-state index contributed by atoms with van der Waals surface area (Å²) < 4.78 is 0. The van der Waals surface area contributed by atoms with Gasteiger partial charge in [0.1, 0.15) is 11.2 Å². The SMILES string of the molecule is CC1(Cl)C=CC(C(=O)Nc2ccc(NCCc3cccc(N)n3)cc2)(c2ccccc2)C=C1. The summed E-state index contributed by atoms with van der Waals surface area (Å²) in [5.41, 5.74) is 8.32. The fourth-order valence-electron chi connectivity index (χ4n) is 3.77. The molecule has 1 amide bonds. The highest BCUT2D eigenvalue weighted by Crippen LogP contribution is 2.36. The maximum atomic E-state index is 13.5. The number of amides is 1. The Balaban J connectivity index is 1.43. The molecule has 168 valence electrons. The van der Waals surface area contributed by atoms with E-state index in [0.29, 0.717) is 5.82 Å². The van der Waals surface area contributed by atoms with Gasteiger partial charge in [0, 0.05) is 30.0 Å². The molecule has 0 radical (unpaired) electrons. The van der Waals surface area contributed by atoms with E-state index in [0.717, 1.165) is 35.6 Å². The molecule has 5 nitrogen and oxygen atoms in total. The first-order valence-electron chi connectivity index (χ1n) is 10.9. The maximum Gasteiger partial charge on any atom is 0.242 e. The van der Waals surface area contributed by atoms with Crippen LogP contribution in [0.3, 0.4) is 0 Å². The predicted molar refractivity (Wildman–Crippen MR) is 137 cm³/mol. The molecule has 1 heterocycles. The number of halogens is 1. The van der Waals surface area contributed by atoms with Crippen molar-refractivity contribution in [2.75, 3.05) is 22.9 Å². The minimum Gasteiger partial charge on any atom is -0.385 e. The topological polar surface area (TPSA) is 80.0 Å². The molecule has 1 aliphatic carbocycles. The Morgan fingerprint density at radius 2 is 1.58 bits per heavy atom. The minimum atomic E-state index is -0.920. The number of anilines is 3. The van der Waals surface area contributed by atoms with Gasteiger partial charge in [0.25, 0.3) is 0 Å². The van der Waals surface area contributed by atoms with Crippen LogP contribution in [0, 0.1) is 0 Å². The van der Waals surface area contributed by atoms with E-state index >= 15 is 0 Å². The van der Waals surface area contributed by atoms with Crippen molar-refractivity contribution in [1.82, 2.24) is 4.98 Å². The largest absolute Gasteiger partial charge is 0.385 e. The number of aromatic nitrogens is 1. The summed E-state index contributed by atoms with van der Waals surface area (Å²) in [6, 6.07) is 23.0. The highest BCUT2D eigenvalue weighted by atomic mass is 35.5. The monoisotopic (exact) mass is 458 g/mol. The van der Waals surface area contributed by atoms with Crippen LogP contribution in [0.25, 0.3) is 0 Å². The van der Waals surface area contributed by atoms with Gasteiger partial charge in [0.15, 0.2) is 0 Å². The van der Waals surface area contributed by atoms with Crippen LogP contribution in [0.1, 0.15) is 18.2 Å². The summed E-state index contributed by atoms with van der Waals surface area (Å²) in [5.74, 6) is 0.390. The molecule has 3 aromatic rings. The molecule has 6 heteroatoms. The van der Waals surface area contributed by atoms with Crippen LogP contribution < -0.4 is 16.4 Å². The summed E-state index contributed by atoms with van der Waals surface area (Å²) in [6.07, 6.45) is 8.25. The van der Waals surface area contributed by atoms with Gasteiger partial charge >= 0.3 is 0 Å². The van der Waals surface area contributed by atoms with Crippen molar-refractivity contribution in [2.24, 2.45) is 0 Å². The third-order valence-electron chi connectivity index (χ3n) is 5.65. The number of nitrogens with zero attached hydrogens (tertiary/aromatic N) is 1. The van der Waals surface area contributed by atoms with Gasteiger partial charge in [-0.05, 0) is 48.9 Å². The number of alkyl halides is 1. The van der Waals surface area contributed by atoms with Crippen LogP contribution in [0.4, 0.5) is 17.2 Å². The number of benzene rings is 2. The van der Waals surface area contributed by atoms with Crippen molar-refractivity contribution >= 4 is 34.7 Å². The van der Waals surface area contributed by atoms with E-state index in [4.69, 9.17) is 17.3 Å². The number of rotatable bonds is 7. The van der Waals surface area contributed by atoms with E-state index in [2.05, 4.69) is 15.6 Å². The molecule has 1 aliphatic rings. The van der Waals surface area contributed by atoms with Gasteiger partial charge < -0.3 is 16.4 Å². The number of carbonyl (C=O) groups excluding carboxylic acids is 1. The molecule has 1 aromatic heterocycles. The number of allylic oxidation sites excluding steroid dienone is 2. The smallest absolute Gasteiger partial charge is 0.242 e. The molecule has 2 aromatic carbocycles. The quantitative estimate of drug-likeness (QED) is 0.330. The van der Waals surface area contributed by atoms with Crippen molar-refractivity contribution in [3.05, 3.63) is 108 Å². The standard InChI is InChI=1S/C27H27ClN4O/c1-26(28)15-17-27(18-16-26,20-6-3-2-4-7-20)25(33)32-23-12-10-21(11-13-23)30-19-14-22-8-5-9-24(29)31-22/h2-13,15-18,30H,14,19H2,1H3,(H2,29,31)(H,32,33). The summed E-state index contributed by atoms with van der Waals surface area (Å²) >= 11 is 6.44. The third-order valence-corrected chi connectivity index (χ3v) is 5.90. The molecule has 33 heavy (non-hydrogen) atoms. The zero-order chi connectivity index (χ0) is 23.3. The minimum absolute atomic E-state index is 0.137. The fraction of sp³-hybridized carbons (Fsp3) is 0.185. The average molecular weight is 459 g/mol. The second-order valence-electron chi connectivity index (χ2n) is 8.31. The molecule has 0 spiro atoms. The molecule has 4 N–H and O–H groups in total. The average Bonchev–Trinajstić information content (AvgIpc) is 2.81. The molecular weight excluding hydrogens is 432 g/mol.